The number of hydrogen-bond donors (Lipinski definition) is 1. The van der Waals surface area contributed by atoms with Crippen molar-refractivity contribution >= 4 is 79.5 Å². The van der Waals surface area contributed by atoms with Gasteiger partial charge in [0.1, 0.15) is 40.7 Å². The van der Waals surface area contributed by atoms with E-state index in [1.165, 1.54) is 35.9 Å². The molecule has 1 N–H and O–H groups in total. The van der Waals surface area contributed by atoms with Crippen LogP contribution in [0.2, 0.25) is 25.7 Å². The average molecular weight is 1040 g/mol. The Balaban J connectivity index is 0.000000168. The number of H-pyrrole nitrogens is 1. The maximum absolute atomic E-state index is 14.1. The summed E-state index contributed by atoms with van der Waals surface area (Å²) in [6.45, 7) is 20.1. The first kappa shape index (κ1) is 50.5. The fourth-order valence-corrected chi connectivity index (χ4v) is 13.2. The van der Waals surface area contributed by atoms with E-state index in [9.17, 15) is 19.2 Å². The third-order valence-electron chi connectivity index (χ3n) is 14.4. The third kappa shape index (κ3) is 10.6. The molecule has 0 saturated carbocycles. The van der Waals surface area contributed by atoms with Crippen molar-refractivity contribution in [1.82, 2.24) is 32.3 Å². The number of aromatic nitrogens is 6. The van der Waals surface area contributed by atoms with Gasteiger partial charge in [0, 0.05) is 44.4 Å². The number of benzene rings is 4. The minimum atomic E-state index is -1.29. The van der Waals surface area contributed by atoms with E-state index in [1.54, 1.807) is 10.6 Å². The minimum absolute atomic E-state index is 0.00558. The highest BCUT2D eigenvalue weighted by atomic mass is 32.1. The molecule has 7 heterocycles. The summed E-state index contributed by atoms with van der Waals surface area (Å²) >= 11 is 2.86. The number of likely N-dealkylation sites (tertiary alicyclic amines) is 1. The molecule has 3 aliphatic rings. The van der Waals surface area contributed by atoms with Gasteiger partial charge in [-0.1, -0.05) is 79.6 Å². The SMILES string of the molecule is C=Cc1cc2c3nc(c(=O)n(COCC[Si](C)(C)C)c3c1)-c1cccc3c(=O)n(sc13)C(C)CCCCO2.CC1CCCCOc2cc(CCN3CCCC3)cc3[nH]c(=O)c(nc23)-c2cccc3c(=O)n1sc23. The molecule has 0 spiro atoms. The second kappa shape index (κ2) is 21.5. The third-order valence-corrected chi connectivity index (χ3v) is 18.8. The van der Waals surface area contributed by atoms with E-state index < -0.39 is 8.07 Å². The molecule has 0 amide bonds. The molecule has 0 radical (unpaired) electrons. The molecule has 8 bridgehead atoms. The first-order chi connectivity index (χ1) is 35.3. The monoisotopic (exact) mass is 1040 g/mol. The zero-order valence-electron chi connectivity index (χ0n) is 42.6. The van der Waals surface area contributed by atoms with E-state index in [2.05, 4.69) is 56.0 Å². The Morgan fingerprint density at radius 2 is 1.36 bits per heavy atom. The second-order valence-corrected chi connectivity index (χ2v) is 28.6. The fraction of sp³-hybridized carbons (Fsp3) is 0.429. The molecule has 1 fully saturated rings. The zero-order valence-corrected chi connectivity index (χ0v) is 45.2. The fourth-order valence-electron chi connectivity index (χ4n) is 10.1. The quantitative estimate of drug-likeness (QED) is 0.109. The van der Waals surface area contributed by atoms with Gasteiger partial charge in [-0.3, -0.25) is 31.7 Å². The van der Waals surface area contributed by atoms with E-state index in [-0.39, 0.29) is 41.1 Å². The van der Waals surface area contributed by atoms with E-state index in [0.29, 0.717) is 80.9 Å². The van der Waals surface area contributed by atoms with Crippen molar-refractivity contribution in [2.24, 2.45) is 0 Å². The van der Waals surface area contributed by atoms with Gasteiger partial charge in [0.15, 0.2) is 0 Å². The lowest BCUT2D eigenvalue weighted by Gasteiger charge is -2.19. The zero-order chi connectivity index (χ0) is 51.0. The lowest BCUT2D eigenvalue weighted by molar-refractivity contribution is 0.0878. The molecule has 382 valence electrons. The van der Waals surface area contributed by atoms with Crippen molar-refractivity contribution < 1.29 is 14.2 Å². The molecule has 3 aliphatic heterocycles. The van der Waals surface area contributed by atoms with Gasteiger partial charge in [-0.05, 0) is 138 Å². The van der Waals surface area contributed by atoms with Crippen LogP contribution >= 0.6 is 23.1 Å². The largest absolute Gasteiger partial charge is 0.491 e. The summed E-state index contributed by atoms with van der Waals surface area (Å²) in [6, 6.07) is 20.2. The van der Waals surface area contributed by atoms with Crippen LogP contribution in [-0.4, -0.2) is 79.9 Å². The highest BCUT2D eigenvalue weighted by molar-refractivity contribution is 7.15. The molecular weight excluding hydrogens is 975 g/mol. The highest BCUT2D eigenvalue weighted by Gasteiger charge is 2.25. The van der Waals surface area contributed by atoms with Crippen LogP contribution in [0, 0.1) is 0 Å². The van der Waals surface area contributed by atoms with E-state index in [0.717, 1.165) is 96.9 Å². The molecule has 11 rings (SSSR count). The number of rotatable bonds is 9. The van der Waals surface area contributed by atoms with E-state index >= 15 is 0 Å². The van der Waals surface area contributed by atoms with Crippen LogP contribution in [0.15, 0.2) is 86.4 Å². The first-order valence-corrected chi connectivity index (χ1v) is 31.1. The summed E-state index contributed by atoms with van der Waals surface area (Å²) < 4.78 is 25.5. The van der Waals surface area contributed by atoms with Crippen LogP contribution in [0.5, 0.6) is 11.5 Å². The van der Waals surface area contributed by atoms with Crippen molar-refractivity contribution in [2.45, 2.75) is 116 Å². The molecule has 4 aromatic carbocycles. The number of nitrogens with one attached hydrogen (secondary N) is 1. The average Bonchev–Trinajstić information content (AvgIpc) is 4.11. The van der Waals surface area contributed by atoms with Gasteiger partial charge in [-0.15, -0.1) is 0 Å². The topological polar surface area (TPSA) is 156 Å². The molecule has 17 heteroatoms. The van der Waals surface area contributed by atoms with Gasteiger partial charge in [0.05, 0.1) is 44.4 Å². The highest BCUT2D eigenvalue weighted by Crippen LogP contribution is 2.36. The summed E-state index contributed by atoms with van der Waals surface area (Å²) in [5, 5.41) is 1.26. The van der Waals surface area contributed by atoms with Gasteiger partial charge < -0.3 is 24.1 Å². The van der Waals surface area contributed by atoms with E-state index in [1.807, 2.05) is 62.5 Å². The number of aromatic amines is 1. The molecule has 4 aromatic heterocycles. The van der Waals surface area contributed by atoms with Crippen molar-refractivity contribution in [3.05, 3.63) is 120 Å². The van der Waals surface area contributed by atoms with Gasteiger partial charge in [-0.25, -0.2) is 9.97 Å². The number of ether oxygens (including phenoxy) is 3. The number of fused-ring (bicyclic) bond motifs is 6. The maximum Gasteiger partial charge on any atom is 0.279 e. The Bertz CT molecular complexity index is 3620. The Hall–Kier alpha value is -5.98. The molecule has 8 aromatic rings. The summed E-state index contributed by atoms with van der Waals surface area (Å²) in [5.41, 5.74) is 6.09. The van der Waals surface area contributed by atoms with E-state index in [4.69, 9.17) is 24.2 Å². The standard InChI is InChI=1S/C29H35N3O4SSi.C27H30N4O3S/c1-6-20-16-23-26-24(17-20)36-13-8-7-10-19(2)32-28(33)22-12-9-11-21(27(22)37-32)25(30-26)29(34)31(23)18-35-14-15-38(3,4)5;1-17-7-2-5-14-34-22-16-18(10-13-30-11-3-4-12-30)15-21-24(22)29-23(26(32)28-21)19-8-6-9-20-25(19)35-31(17)27(20)33/h6,9,11-12,16-17,19H,1,7-8,10,13-15,18H2,2-5H3;6,8-9,15-17H,2-5,7,10-14H2,1H3,(H,28,32). The molecule has 73 heavy (non-hydrogen) atoms. The molecule has 14 nitrogen and oxygen atoms in total. The van der Waals surface area contributed by atoms with Crippen LogP contribution in [0.4, 0.5) is 0 Å². The van der Waals surface area contributed by atoms with Crippen molar-refractivity contribution in [3.8, 4) is 34.0 Å². The Morgan fingerprint density at radius 3 is 1.97 bits per heavy atom. The van der Waals surface area contributed by atoms with Crippen molar-refractivity contribution in [3.63, 3.8) is 0 Å². The predicted molar refractivity (Wildman–Crippen MR) is 300 cm³/mol. The first-order valence-electron chi connectivity index (χ1n) is 25.9. The van der Waals surface area contributed by atoms with Crippen LogP contribution < -0.4 is 31.7 Å². The second-order valence-electron chi connectivity index (χ2n) is 21.0. The summed E-state index contributed by atoms with van der Waals surface area (Å²) in [6.07, 6.45) is 10.6. The molecule has 0 aliphatic carbocycles. The molecule has 2 unspecified atom stereocenters. The van der Waals surface area contributed by atoms with Crippen LogP contribution in [0.25, 0.3) is 70.8 Å². The summed E-state index contributed by atoms with van der Waals surface area (Å²) in [5.74, 6) is 1.34. The van der Waals surface area contributed by atoms with Gasteiger partial charge in [0.2, 0.25) is 0 Å². The van der Waals surface area contributed by atoms with Crippen molar-refractivity contribution in [1.29, 1.82) is 0 Å². The van der Waals surface area contributed by atoms with Crippen LogP contribution in [0.3, 0.4) is 0 Å². The minimum Gasteiger partial charge on any atom is -0.491 e. The lowest BCUT2D eigenvalue weighted by Crippen LogP contribution is -2.27. The maximum atomic E-state index is 14.1. The van der Waals surface area contributed by atoms with Crippen LogP contribution in [0.1, 0.15) is 88.4 Å². The molecule has 2 atom stereocenters. The number of nitrogens with zero attached hydrogens (tertiary/aromatic N) is 6. The van der Waals surface area contributed by atoms with Gasteiger partial charge in [0.25, 0.3) is 22.2 Å². The smallest absolute Gasteiger partial charge is 0.279 e. The Kier molecular flexibility index (Phi) is 14.9. The number of hydrogen-bond acceptors (Lipinski definition) is 12. The molecule has 1 saturated heterocycles. The van der Waals surface area contributed by atoms with Gasteiger partial charge in [-0.2, -0.15) is 0 Å². The predicted octanol–water partition coefficient (Wildman–Crippen LogP) is 11.2. The molecular formula is C56H65N7O7S2Si. The summed E-state index contributed by atoms with van der Waals surface area (Å²) in [4.78, 5) is 69.1. The van der Waals surface area contributed by atoms with Gasteiger partial charge >= 0.3 is 0 Å². The lowest BCUT2D eigenvalue weighted by atomic mass is 10.1. The Morgan fingerprint density at radius 1 is 0.753 bits per heavy atom. The van der Waals surface area contributed by atoms with Crippen molar-refractivity contribution in [2.75, 3.05) is 39.5 Å². The summed E-state index contributed by atoms with van der Waals surface area (Å²) in [7, 11) is -1.29. The normalized spacial score (nSPS) is 17.5. The van der Waals surface area contributed by atoms with Crippen LogP contribution in [-0.2, 0) is 17.9 Å². The Labute approximate surface area is 433 Å².